The molecular weight excluding hydrogens is 346 g/mol. The first kappa shape index (κ1) is 19.5. The van der Waals surface area contributed by atoms with Gasteiger partial charge >= 0.3 is 0 Å². The Morgan fingerprint density at radius 3 is 2.41 bits per heavy atom. The van der Waals surface area contributed by atoms with E-state index in [1.807, 2.05) is 18.2 Å². The quantitative estimate of drug-likeness (QED) is 0.819. The third-order valence-corrected chi connectivity index (χ3v) is 5.11. The molecule has 1 fully saturated rings. The van der Waals surface area contributed by atoms with Crippen molar-refractivity contribution in [3.05, 3.63) is 71.3 Å². The Balaban J connectivity index is 1.46. The molecule has 0 radical (unpaired) electrons. The van der Waals surface area contributed by atoms with Gasteiger partial charge in [-0.3, -0.25) is 9.69 Å². The van der Waals surface area contributed by atoms with Gasteiger partial charge in [-0.1, -0.05) is 48.5 Å². The summed E-state index contributed by atoms with van der Waals surface area (Å²) in [6, 6.07) is 16.6. The van der Waals surface area contributed by atoms with Crippen molar-refractivity contribution in [3.63, 3.8) is 0 Å². The molecule has 0 atom stereocenters. The van der Waals surface area contributed by atoms with Crippen molar-refractivity contribution in [3.8, 4) is 0 Å². The maximum Gasteiger partial charge on any atom is 0.270 e. The van der Waals surface area contributed by atoms with Gasteiger partial charge in [0.15, 0.2) is 0 Å². The van der Waals surface area contributed by atoms with E-state index < -0.39 is 5.92 Å². The van der Waals surface area contributed by atoms with E-state index in [0.29, 0.717) is 5.56 Å². The summed E-state index contributed by atoms with van der Waals surface area (Å²) in [6.07, 6.45) is 1.65. The summed E-state index contributed by atoms with van der Waals surface area (Å²) in [4.78, 5) is 14.8. The molecule has 2 aromatic rings. The molecule has 0 aliphatic carbocycles. The van der Waals surface area contributed by atoms with Gasteiger partial charge in [0, 0.05) is 31.5 Å². The van der Waals surface area contributed by atoms with Crippen LogP contribution < -0.4 is 5.32 Å². The van der Waals surface area contributed by atoms with Crippen molar-refractivity contribution >= 4 is 5.91 Å². The number of likely N-dealkylation sites (tertiary alicyclic amines) is 1. The molecule has 1 heterocycles. The Labute approximate surface area is 159 Å². The van der Waals surface area contributed by atoms with Gasteiger partial charge in [0.2, 0.25) is 5.91 Å². The zero-order valence-corrected chi connectivity index (χ0v) is 15.6. The van der Waals surface area contributed by atoms with E-state index in [1.165, 1.54) is 17.7 Å². The van der Waals surface area contributed by atoms with Gasteiger partial charge < -0.3 is 5.32 Å². The minimum Gasteiger partial charge on any atom is -0.352 e. The number of halogens is 2. The first-order valence-electron chi connectivity index (χ1n) is 9.43. The summed E-state index contributed by atoms with van der Waals surface area (Å²) >= 11 is 0. The number of amides is 1. The third-order valence-electron chi connectivity index (χ3n) is 5.11. The van der Waals surface area contributed by atoms with Crippen LogP contribution in [0.3, 0.4) is 0 Å². The van der Waals surface area contributed by atoms with Crippen LogP contribution in [-0.4, -0.2) is 23.9 Å². The number of alkyl halides is 2. The Hall–Kier alpha value is -2.27. The van der Waals surface area contributed by atoms with Crippen molar-refractivity contribution in [2.75, 3.05) is 13.1 Å². The average molecular weight is 372 g/mol. The first-order chi connectivity index (χ1) is 12.9. The predicted octanol–water partition coefficient (Wildman–Crippen LogP) is 4.33. The molecule has 0 unspecified atom stereocenters. The fourth-order valence-corrected chi connectivity index (χ4v) is 3.48. The number of hydrogen-bond donors (Lipinski definition) is 1. The summed E-state index contributed by atoms with van der Waals surface area (Å²) in [6.45, 7) is 3.86. The molecule has 144 valence electrons. The minimum absolute atomic E-state index is 0.00665. The van der Waals surface area contributed by atoms with Crippen LogP contribution in [0.25, 0.3) is 0 Å². The van der Waals surface area contributed by atoms with E-state index in [1.54, 1.807) is 12.1 Å². The predicted molar refractivity (Wildman–Crippen MR) is 102 cm³/mol. The van der Waals surface area contributed by atoms with Gasteiger partial charge in [-0.25, -0.2) is 8.78 Å². The lowest BCUT2D eigenvalue weighted by molar-refractivity contribution is -0.126. The van der Waals surface area contributed by atoms with Crippen molar-refractivity contribution < 1.29 is 13.6 Å². The summed E-state index contributed by atoms with van der Waals surface area (Å²) in [5.41, 5.74) is 1.96. The average Bonchev–Trinajstić information content (AvgIpc) is 2.67. The number of hydrogen-bond acceptors (Lipinski definition) is 2. The van der Waals surface area contributed by atoms with Crippen LogP contribution in [-0.2, 0) is 23.8 Å². The van der Waals surface area contributed by atoms with Gasteiger partial charge in [-0.2, -0.15) is 0 Å². The van der Waals surface area contributed by atoms with E-state index in [2.05, 4.69) is 22.3 Å². The second-order valence-corrected chi connectivity index (χ2v) is 7.34. The van der Waals surface area contributed by atoms with Crippen LogP contribution in [0, 0.1) is 5.92 Å². The summed E-state index contributed by atoms with van der Waals surface area (Å²) in [7, 11) is 0. The molecular formula is C22H26F2N2O. The Bertz CT molecular complexity index is 750. The molecule has 3 nitrogen and oxygen atoms in total. The Morgan fingerprint density at radius 2 is 1.74 bits per heavy atom. The van der Waals surface area contributed by atoms with Gasteiger partial charge in [0.05, 0.1) is 0 Å². The topological polar surface area (TPSA) is 32.3 Å². The van der Waals surface area contributed by atoms with E-state index >= 15 is 0 Å². The number of nitrogens with zero attached hydrogens (tertiary/aromatic N) is 1. The SMILES string of the molecule is CC(F)(F)c1cccc(CNC(=O)C2CCN(Cc3ccccc3)CC2)c1. The largest absolute Gasteiger partial charge is 0.352 e. The highest BCUT2D eigenvalue weighted by Gasteiger charge is 2.26. The number of nitrogens with one attached hydrogen (secondary N) is 1. The summed E-state index contributed by atoms with van der Waals surface area (Å²) in [5.74, 6) is -2.86. The second kappa shape index (κ2) is 8.61. The number of benzene rings is 2. The molecule has 0 spiro atoms. The fraction of sp³-hybridized carbons (Fsp3) is 0.409. The van der Waals surface area contributed by atoms with Crippen LogP contribution in [0.5, 0.6) is 0 Å². The maximum atomic E-state index is 13.4. The number of rotatable bonds is 6. The smallest absolute Gasteiger partial charge is 0.270 e. The monoisotopic (exact) mass is 372 g/mol. The highest BCUT2D eigenvalue weighted by atomic mass is 19.3. The molecule has 0 saturated carbocycles. The number of piperidine rings is 1. The Morgan fingerprint density at radius 1 is 1.07 bits per heavy atom. The lowest BCUT2D eigenvalue weighted by atomic mass is 9.95. The lowest BCUT2D eigenvalue weighted by Gasteiger charge is -2.31. The second-order valence-electron chi connectivity index (χ2n) is 7.34. The van der Waals surface area contributed by atoms with Crippen molar-refractivity contribution in [1.29, 1.82) is 0 Å². The number of carbonyl (C=O) groups is 1. The zero-order chi connectivity index (χ0) is 19.3. The standard InChI is InChI=1S/C22H26F2N2O/c1-22(23,24)20-9-5-8-18(14-20)15-25-21(27)19-10-12-26(13-11-19)16-17-6-3-2-4-7-17/h2-9,14,19H,10-13,15-16H2,1H3,(H,25,27). The van der Waals surface area contributed by atoms with Gasteiger partial charge in [-0.15, -0.1) is 0 Å². The third kappa shape index (κ3) is 5.60. The molecule has 1 amide bonds. The molecule has 2 aromatic carbocycles. The maximum absolute atomic E-state index is 13.4. The molecule has 1 saturated heterocycles. The Kier molecular flexibility index (Phi) is 6.22. The van der Waals surface area contributed by atoms with Crippen LogP contribution in [0.15, 0.2) is 54.6 Å². The first-order valence-corrected chi connectivity index (χ1v) is 9.43. The van der Waals surface area contributed by atoms with Crippen molar-refractivity contribution in [2.24, 2.45) is 5.92 Å². The fourth-order valence-electron chi connectivity index (χ4n) is 3.48. The van der Waals surface area contributed by atoms with Gasteiger partial charge in [0.1, 0.15) is 0 Å². The molecule has 1 N–H and O–H groups in total. The normalized spacial score (nSPS) is 16.3. The highest BCUT2D eigenvalue weighted by molar-refractivity contribution is 5.78. The number of carbonyl (C=O) groups excluding carboxylic acids is 1. The molecule has 0 bridgehead atoms. The zero-order valence-electron chi connectivity index (χ0n) is 15.6. The molecule has 1 aliphatic rings. The summed E-state index contributed by atoms with van der Waals surface area (Å²) in [5, 5.41) is 2.91. The highest BCUT2D eigenvalue weighted by Crippen LogP contribution is 2.27. The van der Waals surface area contributed by atoms with Crippen molar-refractivity contribution in [2.45, 2.75) is 38.8 Å². The minimum atomic E-state index is -2.87. The summed E-state index contributed by atoms with van der Waals surface area (Å²) < 4.78 is 26.9. The lowest BCUT2D eigenvalue weighted by Crippen LogP contribution is -2.40. The van der Waals surface area contributed by atoms with Gasteiger partial charge in [-0.05, 0) is 43.1 Å². The van der Waals surface area contributed by atoms with Gasteiger partial charge in [0.25, 0.3) is 5.92 Å². The molecule has 5 heteroatoms. The van der Waals surface area contributed by atoms with Crippen LogP contribution >= 0.6 is 0 Å². The van der Waals surface area contributed by atoms with E-state index in [9.17, 15) is 13.6 Å². The van der Waals surface area contributed by atoms with E-state index in [4.69, 9.17) is 0 Å². The molecule has 3 rings (SSSR count). The van der Waals surface area contributed by atoms with Crippen LogP contribution in [0.1, 0.15) is 36.5 Å². The van der Waals surface area contributed by atoms with Crippen LogP contribution in [0.2, 0.25) is 0 Å². The molecule has 27 heavy (non-hydrogen) atoms. The van der Waals surface area contributed by atoms with E-state index in [-0.39, 0.29) is 23.9 Å². The van der Waals surface area contributed by atoms with E-state index in [0.717, 1.165) is 39.4 Å². The van der Waals surface area contributed by atoms with Crippen molar-refractivity contribution in [1.82, 2.24) is 10.2 Å². The molecule has 1 aliphatic heterocycles. The van der Waals surface area contributed by atoms with Crippen LogP contribution in [0.4, 0.5) is 8.78 Å². The molecule has 0 aromatic heterocycles.